The Kier molecular flexibility index (Phi) is 9.62. The summed E-state index contributed by atoms with van der Waals surface area (Å²) in [6.07, 6.45) is 6.11. The van der Waals surface area contributed by atoms with Gasteiger partial charge in [-0.15, -0.1) is 0 Å². The summed E-state index contributed by atoms with van der Waals surface area (Å²) in [5.41, 5.74) is 1.13. The van der Waals surface area contributed by atoms with Crippen molar-refractivity contribution in [1.29, 1.82) is 0 Å². The number of hydrogen-bond acceptors (Lipinski definition) is 9. The average Bonchev–Trinajstić information content (AvgIpc) is 3.67. The number of likely N-dealkylation sites (tertiary alicyclic amines) is 1. The molecule has 0 bridgehead atoms. The fourth-order valence-corrected chi connectivity index (χ4v) is 8.31. The molecule has 3 heterocycles. The van der Waals surface area contributed by atoms with E-state index in [-0.39, 0.29) is 30.2 Å². The average molecular weight is 724 g/mol. The number of nitrogens with zero attached hydrogens (tertiary/aromatic N) is 2. The number of sulfonamides is 1. The Morgan fingerprint density at radius 2 is 1.81 bits per heavy atom. The van der Waals surface area contributed by atoms with Crippen molar-refractivity contribution in [1.82, 2.24) is 19.9 Å². The molecule has 1 aromatic heterocycles. The number of ether oxygens (including phenoxy) is 2. The number of allylic oxidation sites excluding steroid dienone is 1. The lowest BCUT2D eigenvalue weighted by Gasteiger charge is -2.25. The van der Waals surface area contributed by atoms with Crippen LogP contribution in [0.1, 0.15) is 39.0 Å². The van der Waals surface area contributed by atoms with E-state index in [9.17, 15) is 22.8 Å². The molecule has 0 spiro atoms. The van der Waals surface area contributed by atoms with E-state index in [0.717, 1.165) is 30.2 Å². The number of hydrogen-bond donors (Lipinski definition) is 3. The fourth-order valence-electron chi connectivity index (χ4n) is 7.09. The van der Waals surface area contributed by atoms with Crippen LogP contribution < -0.4 is 24.8 Å². The molecule has 270 valence electrons. The van der Waals surface area contributed by atoms with Gasteiger partial charge in [0.25, 0.3) is 15.9 Å². The Morgan fingerprint density at radius 1 is 1.02 bits per heavy atom. The van der Waals surface area contributed by atoms with Crippen LogP contribution in [-0.4, -0.2) is 73.9 Å². The van der Waals surface area contributed by atoms with Crippen molar-refractivity contribution in [2.75, 3.05) is 25.5 Å². The topological polar surface area (TPSA) is 156 Å². The largest absolute Gasteiger partial charge is 0.497 e. The van der Waals surface area contributed by atoms with Gasteiger partial charge in [-0.3, -0.25) is 14.4 Å². The minimum Gasteiger partial charge on any atom is -0.497 e. The van der Waals surface area contributed by atoms with E-state index >= 15 is 0 Å². The van der Waals surface area contributed by atoms with Crippen LogP contribution in [0.3, 0.4) is 0 Å². The molecule has 0 unspecified atom stereocenters. The molecule has 2 fully saturated rings. The predicted molar refractivity (Wildman–Crippen MR) is 196 cm³/mol. The number of anilines is 1. The lowest BCUT2D eigenvalue weighted by Crippen LogP contribution is -2.56. The number of carbonyl (C=O) groups excluding carboxylic acids is 3. The molecule has 4 atom stereocenters. The first kappa shape index (κ1) is 35.0. The smallest absolute Gasteiger partial charge is 0.266 e. The van der Waals surface area contributed by atoms with Crippen LogP contribution in [0.15, 0.2) is 95.9 Å². The highest BCUT2D eigenvalue weighted by Crippen LogP contribution is 2.46. The lowest BCUT2D eigenvalue weighted by molar-refractivity contribution is -0.138. The minimum absolute atomic E-state index is 0.0503. The van der Waals surface area contributed by atoms with Crippen molar-refractivity contribution in [2.24, 2.45) is 5.92 Å². The zero-order valence-electron chi connectivity index (χ0n) is 29.0. The van der Waals surface area contributed by atoms with Crippen LogP contribution in [0.2, 0.25) is 0 Å². The van der Waals surface area contributed by atoms with Crippen molar-refractivity contribution in [3.8, 4) is 22.8 Å². The Bertz CT molecular complexity index is 2160. The number of para-hydroxylation sites is 1. The molecular weight excluding hydrogens is 683 g/mol. The summed E-state index contributed by atoms with van der Waals surface area (Å²) >= 11 is 0. The molecule has 3 aliphatic rings. The van der Waals surface area contributed by atoms with Crippen LogP contribution in [0, 0.1) is 5.92 Å². The highest BCUT2D eigenvalue weighted by atomic mass is 32.2. The molecule has 52 heavy (non-hydrogen) atoms. The molecule has 1 saturated heterocycles. The third-order valence-corrected chi connectivity index (χ3v) is 11.4. The summed E-state index contributed by atoms with van der Waals surface area (Å²) in [6, 6.07) is 22.5. The van der Waals surface area contributed by atoms with E-state index in [1.807, 2.05) is 66.7 Å². The van der Waals surface area contributed by atoms with Gasteiger partial charge in [0.05, 0.1) is 30.6 Å². The molecule has 3 amide bonds. The van der Waals surface area contributed by atoms with E-state index in [0.29, 0.717) is 34.9 Å². The predicted octanol–water partition coefficient (Wildman–Crippen LogP) is 4.81. The second-order valence-corrected chi connectivity index (χ2v) is 15.1. The maximum atomic E-state index is 14.1. The standard InChI is InChI=1S/C39H41N5O7S/c1-25(45)44-24-29(51-35-22-32(26-12-6-5-7-13-26)41-33-20-28(50-2)17-18-30(33)35)21-34(44)37(46)42-39-23-27(39)14-8-3-4-11-19-40-31-15-9-10-16-36(31)52(48,49)43-38(39)47/h5-10,12-18,20,22,27,29,34,40H,3-4,11,19,21,23-24H2,1-2H3,(H,42,46)(H,43,47)/b14-8+/t27-,29-,34+,39-/m1/s1. The van der Waals surface area contributed by atoms with Gasteiger partial charge in [-0.25, -0.2) is 18.1 Å². The fraction of sp³-hybridized carbons (Fsp3) is 0.333. The number of pyridine rings is 1. The third-order valence-electron chi connectivity index (χ3n) is 9.96. The van der Waals surface area contributed by atoms with Gasteiger partial charge < -0.3 is 25.0 Å². The minimum atomic E-state index is -4.29. The normalized spacial score (nSPS) is 24.6. The quantitative estimate of drug-likeness (QED) is 0.238. The number of fused-ring (bicyclic) bond motifs is 3. The second kappa shape index (κ2) is 14.3. The molecular formula is C39H41N5O7S. The Hall–Kier alpha value is -5.43. The van der Waals surface area contributed by atoms with E-state index in [1.54, 1.807) is 25.3 Å². The van der Waals surface area contributed by atoms with E-state index < -0.39 is 45.4 Å². The van der Waals surface area contributed by atoms with E-state index in [1.165, 1.54) is 17.9 Å². The van der Waals surface area contributed by atoms with E-state index in [4.69, 9.17) is 14.5 Å². The highest BCUT2D eigenvalue weighted by Gasteiger charge is 2.61. The van der Waals surface area contributed by atoms with Crippen LogP contribution in [0.25, 0.3) is 22.2 Å². The Labute approximate surface area is 302 Å². The number of amides is 3. The van der Waals surface area contributed by atoms with Gasteiger partial charge in [-0.1, -0.05) is 54.6 Å². The molecule has 1 aliphatic carbocycles. The van der Waals surface area contributed by atoms with Crippen LogP contribution in [-0.2, 0) is 24.4 Å². The first-order chi connectivity index (χ1) is 25.1. The molecule has 4 aromatic rings. The first-order valence-corrected chi connectivity index (χ1v) is 18.9. The van der Waals surface area contributed by atoms with Crippen LogP contribution >= 0.6 is 0 Å². The highest BCUT2D eigenvalue weighted by molar-refractivity contribution is 7.90. The third kappa shape index (κ3) is 7.05. The number of benzene rings is 3. The number of carbonyl (C=O) groups is 3. The summed E-state index contributed by atoms with van der Waals surface area (Å²) in [4.78, 5) is 47.2. The Morgan fingerprint density at radius 3 is 2.60 bits per heavy atom. The molecule has 1 saturated carbocycles. The van der Waals surface area contributed by atoms with Crippen molar-refractivity contribution in [3.63, 3.8) is 0 Å². The molecule has 3 N–H and O–H groups in total. The lowest BCUT2D eigenvalue weighted by atomic mass is 10.1. The molecule has 7 rings (SSSR count). The summed E-state index contributed by atoms with van der Waals surface area (Å²) in [5.74, 6) is -0.944. The monoisotopic (exact) mass is 723 g/mol. The van der Waals surface area contributed by atoms with Gasteiger partial charge >= 0.3 is 0 Å². The van der Waals surface area contributed by atoms with Crippen LogP contribution in [0.4, 0.5) is 5.69 Å². The number of aromatic nitrogens is 1. The van der Waals surface area contributed by atoms with Crippen molar-refractivity contribution in [2.45, 2.75) is 61.6 Å². The zero-order valence-corrected chi connectivity index (χ0v) is 29.8. The summed E-state index contributed by atoms with van der Waals surface area (Å²) in [6.45, 7) is 2.10. The van der Waals surface area contributed by atoms with Crippen molar-refractivity contribution >= 4 is 44.3 Å². The summed E-state index contributed by atoms with van der Waals surface area (Å²) in [5, 5.41) is 6.80. The molecule has 3 aromatic carbocycles. The Balaban J connectivity index is 1.15. The maximum Gasteiger partial charge on any atom is 0.266 e. The molecule has 12 nitrogen and oxygen atoms in total. The van der Waals surface area contributed by atoms with Crippen molar-refractivity contribution < 1.29 is 32.3 Å². The van der Waals surface area contributed by atoms with Gasteiger partial charge in [-0.05, 0) is 49.9 Å². The number of nitrogens with one attached hydrogen (secondary N) is 3. The second-order valence-electron chi connectivity index (χ2n) is 13.5. The SMILES string of the molecule is COc1ccc2c(O[C@@H]3C[C@@H](C(=O)N[C@]45C[C@H]4/C=C/CCCCNc4ccccc4S(=O)(=O)NC5=O)N(C(C)=O)C3)cc(-c3ccccc3)nc2c1. The van der Waals surface area contributed by atoms with Crippen LogP contribution in [0.5, 0.6) is 11.5 Å². The molecule has 13 heteroatoms. The van der Waals surface area contributed by atoms with Gasteiger partial charge in [0, 0.05) is 48.9 Å². The maximum absolute atomic E-state index is 14.1. The van der Waals surface area contributed by atoms with Gasteiger partial charge in [0.15, 0.2) is 0 Å². The summed E-state index contributed by atoms with van der Waals surface area (Å²) < 4.78 is 41.3. The zero-order chi connectivity index (χ0) is 36.5. The van der Waals surface area contributed by atoms with E-state index in [2.05, 4.69) is 15.4 Å². The first-order valence-electron chi connectivity index (χ1n) is 17.4. The van der Waals surface area contributed by atoms with Crippen molar-refractivity contribution in [3.05, 3.63) is 91.0 Å². The molecule has 0 radical (unpaired) electrons. The van der Waals surface area contributed by atoms with Gasteiger partial charge in [-0.2, -0.15) is 0 Å². The number of methoxy groups -OCH3 is 1. The van der Waals surface area contributed by atoms with Gasteiger partial charge in [0.2, 0.25) is 11.8 Å². The summed E-state index contributed by atoms with van der Waals surface area (Å²) in [7, 11) is -2.70. The number of rotatable bonds is 6. The van der Waals surface area contributed by atoms with Gasteiger partial charge in [0.1, 0.15) is 34.1 Å². The molecule has 2 aliphatic heterocycles.